The maximum Gasteiger partial charge on any atom is 0.410 e. The third-order valence-corrected chi connectivity index (χ3v) is 5.07. The third-order valence-electron chi connectivity index (χ3n) is 4.04. The minimum Gasteiger partial charge on any atom is -0.444 e. The quantitative estimate of drug-likeness (QED) is 0.689. The van der Waals surface area contributed by atoms with E-state index in [0.717, 1.165) is 19.3 Å². The Labute approximate surface area is 140 Å². The Kier molecular flexibility index (Phi) is 6.89. The number of amides is 1. The lowest BCUT2D eigenvalue weighted by Gasteiger charge is -2.41. The van der Waals surface area contributed by atoms with Gasteiger partial charge in [-0.1, -0.05) is 6.92 Å². The van der Waals surface area contributed by atoms with Crippen LogP contribution in [0.4, 0.5) is 4.79 Å². The Morgan fingerprint density at radius 3 is 2.22 bits per heavy atom. The minimum atomic E-state index is -2.94. The molecular formula is C16H31NO5S. The van der Waals surface area contributed by atoms with E-state index in [9.17, 15) is 13.2 Å². The first kappa shape index (κ1) is 20.2. The summed E-state index contributed by atoms with van der Waals surface area (Å²) in [6.07, 6.45) is 3.83. The van der Waals surface area contributed by atoms with E-state index in [2.05, 4.69) is 6.92 Å². The fraction of sp³-hybridized carbons (Fsp3) is 0.938. The van der Waals surface area contributed by atoms with E-state index in [1.54, 1.807) is 4.90 Å². The van der Waals surface area contributed by atoms with Crippen LogP contribution in [0.25, 0.3) is 0 Å². The molecule has 0 unspecified atom stereocenters. The van der Waals surface area contributed by atoms with Gasteiger partial charge in [-0.15, -0.1) is 0 Å². The Morgan fingerprint density at radius 2 is 1.78 bits per heavy atom. The Hall–Kier alpha value is -0.820. The van der Waals surface area contributed by atoms with E-state index in [1.165, 1.54) is 6.26 Å². The van der Waals surface area contributed by atoms with E-state index < -0.39 is 15.4 Å². The van der Waals surface area contributed by atoms with Crippen LogP contribution < -0.4 is 0 Å². The van der Waals surface area contributed by atoms with E-state index in [4.69, 9.17) is 9.47 Å². The number of rotatable bonds is 6. The van der Waals surface area contributed by atoms with Crippen molar-refractivity contribution in [1.82, 2.24) is 4.90 Å². The van der Waals surface area contributed by atoms with E-state index in [0.29, 0.717) is 26.1 Å². The Bertz CT molecular complexity index is 487. The molecule has 1 saturated heterocycles. The van der Waals surface area contributed by atoms with Crippen molar-refractivity contribution in [2.75, 3.05) is 31.7 Å². The summed E-state index contributed by atoms with van der Waals surface area (Å²) in [5, 5.41) is 0. The van der Waals surface area contributed by atoms with Crippen molar-refractivity contribution in [3.05, 3.63) is 0 Å². The van der Waals surface area contributed by atoms with Crippen LogP contribution in [0, 0.1) is 0 Å². The summed E-state index contributed by atoms with van der Waals surface area (Å²) >= 11 is 0. The molecule has 136 valence electrons. The van der Waals surface area contributed by atoms with Crippen LogP contribution in [0.5, 0.6) is 0 Å². The number of nitrogens with zero attached hydrogens (tertiary/aromatic N) is 1. The highest BCUT2D eigenvalue weighted by molar-refractivity contribution is 7.90. The van der Waals surface area contributed by atoms with Crippen LogP contribution in [0.3, 0.4) is 0 Å². The Morgan fingerprint density at radius 1 is 1.22 bits per heavy atom. The summed E-state index contributed by atoms with van der Waals surface area (Å²) in [5.41, 5.74) is -0.742. The predicted molar refractivity (Wildman–Crippen MR) is 90.3 cm³/mol. The first-order chi connectivity index (χ1) is 10.5. The topological polar surface area (TPSA) is 72.9 Å². The number of piperidine rings is 1. The van der Waals surface area contributed by atoms with Crippen molar-refractivity contribution in [2.45, 2.75) is 64.6 Å². The lowest BCUT2D eigenvalue weighted by molar-refractivity contribution is -0.0863. The number of likely N-dealkylation sites (tertiary alicyclic amines) is 1. The zero-order valence-electron chi connectivity index (χ0n) is 15.1. The van der Waals surface area contributed by atoms with Gasteiger partial charge in [-0.25, -0.2) is 13.2 Å². The SMILES string of the molecule is CCC1(OCCCS(C)(=O)=O)CCN(C(=O)OC(C)(C)C)CC1. The summed E-state index contributed by atoms with van der Waals surface area (Å²) in [6.45, 7) is 9.29. The average Bonchev–Trinajstić information content (AvgIpc) is 2.41. The molecular weight excluding hydrogens is 318 g/mol. The van der Waals surface area contributed by atoms with Crippen molar-refractivity contribution >= 4 is 15.9 Å². The first-order valence-corrected chi connectivity index (χ1v) is 10.3. The summed E-state index contributed by atoms with van der Waals surface area (Å²) in [7, 11) is -2.94. The van der Waals surface area contributed by atoms with Crippen molar-refractivity contribution in [1.29, 1.82) is 0 Å². The van der Waals surface area contributed by atoms with Gasteiger partial charge in [-0.2, -0.15) is 0 Å². The van der Waals surface area contributed by atoms with Crippen LogP contribution in [-0.4, -0.2) is 62.3 Å². The highest BCUT2D eigenvalue weighted by atomic mass is 32.2. The first-order valence-electron chi connectivity index (χ1n) is 8.26. The largest absolute Gasteiger partial charge is 0.444 e. The third kappa shape index (κ3) is 7.52. The number of hydrogen-bond donors (Lipinski definition) is 0. The summed E-state index contributed by atoms with van der Waals surface area (Å²) in [6, 6.07) is 0. The lowest BCUT2D eigenvalue weighted by atomic mass is 9.88. The zero-order chi connectivity index (χ0) is 17.7. The molecule has 0 bridgehead atoms. The van der Waals surface area contributed by atoms with Gasteiger partial charge in [0, 0.05) is 26.0 Å². The molecule has 1 amide bonds. The van der Waals surface area contributed by atoms with Gasteiger partial charge in [0.25, 0.3) is 0 Å². The number of hydrogen-bond acceptors (Lipinski definition) is 5. The molecule has 23 heavy (non-hydrogen) atoms. The van der Waals surface area contributed by atoms with Crippen LogP contribution >= 0.6 is 0 Å². The number of sulfone groups is 1. The van der Waals surface area contributed by atoms with Gasteiger partial charge in [0.05, 0.1) is 11.4 Å². The molecule has 0 spiro atoms. The zero-order valence-corrected chi connectivity index (χ0v) is 15.9. The van der Waals surface area contributed by atoms with Gasteiger partial charge in [0.15, 0.2) is 0 Å². The second-order valence-corrected chi connectivity index (χ2v) is 9.60. The number of ether oxygens (including phenoxy) is 2. The molecule has 0 aliphatic carbocycles. The summed E-state index contributed by atoms with van der Waals surface area (Å²) in [4.78, 5) is 13.8. The van der Waals surface area contributed by atoms with Gasteiger partial charge >= 0.3 is 6.09 Å². The lowest BCUT2D eigenvalue weighted by Crippen LogP contribution is -2.49. The average molecular weight is 349 g/mol. The number of carbonyl (C=O) groups excluding carboxylic acids is 1. The molecule has 1 heterocycles. The summed E-state index contributed by atoms with van der Waals surface area (Å²) in [5.74, 6) is 0.150. The molecule has 1 fully saturated rings. The van der Waals surface area contributed by atoms with Crippen LogP contribution in [-0.2, 0) is 19.3 Å². The van der Waals surface area contributed by atoms with Crippen molar-refractivity contribution in [2.24, 2.45) is 0 Å². The molecule has 0 aromatic heterocycles. The molecule has 0 radical (unpaired) electrons. The molecule has 0 atom stereocenters. The van der Waals surface area contributed by atoms with Gasteiger partial charge in [-0.3, -0.25) is 0 Å². The minimum absolute atomic E-state index is 0.150. The molecule has 0 aromatic carbocycles. The second-order valence-electron chi connectivity index (χ2n) is 7.34. The summed E-state index contributed by atoms with van der Waals surface area (Å²) < 4.78 is 33.7. The highest BCUT2D eigenvalue weighted by Crippen LogP contribution is 2.30. The molecule has 0 saturated carbocycles. The monoisotopic (exact) mass is 349 g/mol. The fourth-order valence-corrected chi connectivity index (χ4v) is 3.28. The second kappa shape index (κ2) is 7.83. The van der Waals surface area contributed by atoms with Gasteiger partial charge in [0.1, 0.15) is 15.4 Å². The van der Waals surface area contributed by atoms with Crippen molar-refractivity contribution < 1.29 is 22.7 Å². The maximum atomic E-state index is 12.1. The van der Waals surface area contributed by atoms with Crippen molar-refractivity contribution in [3.8, 4) is 0 Å². The molecule has 6 nitrogen and oxygen atoms in total. The standard InChI is InChI=1S/C16H31NO5S/c1-6-16(21-12-7-13-23(5,19)20)8-10-17(11-9-16)14(18)22-15(2,3)4/h6-13H2,1-5H3. The Balaban J connectivity index is 2.45. The van der Waals surface area contributed by atoms with Gasteiger partial charge in [0.2, 0.25) is 0 Å². The van der Waals surface area contributed by atoms with Crippen LogP contribution in [0.1, 0.15) is 53.4 Å². The van der Waals surface area contributed by atoms with Gasteiger partial charge in [-0.05, 0) is 46.5 Å². The molecule has 7 heteroatoms. The molecule has 1 aliphatic rings. The van der Waals surface area contributed by atoms with E-state index in [-0.39, 0.29) is 17.4 Å². The van der Waals surface area contributed by atoms with Crippen LogP contribution in [0.15, 0.2) is 0 Å². The molecule has 0 aromatic rings. The van der Waals surface area contributed by atoms with Crippen molar-refractivity contribution in [3.63, 3.8) is 0 Å². The van der Waals surface area contributed by atoms with E-state index in [1.807, 2.05) is 20.8 Å². The van der Waals surface area contributed by atoms with Gasteiger partial charge < -0.3 is 14.4 Å². The smallest absolute Gasteiger partial charge is 0.410 e. The number of carbonyl (C=O) groups is 1. The predicted octanol–water partition coefficient (Wildman–Crippen LogP) is 2.62. The maximum absolute atomic E-state index is 12.1. The molecule has 0 N–H and O–H groups in total. The fourth-order valence-electron chi connectivity index (χ4n) is 2.63. The molecule has 1 rings (SSSR count). The van der Waals surface area contributed by atoms with E-state index >= 15 is 0 Å². The van der Waals surface area contributed by atoms with Crippen LogP contribution in [0.2, 0.25) is 0 Å². The highest BCUT2D eigenvalue weighted by Gasteiger charge is 2.36. The normalized spacial score (nSPS) is 18.7. The molecule has 1 aliphatic heterocycles.